The number of carbonyl (C=O) groups is 1. The summed E-state index contributed by atoms with van der Waals surface area (Å²) in [5.41, 5.74) is 1.08. The van der Waals surface area contributed by atoms with Crippen LogP contribution in [0.3, 0.4) is 0 Å². The molecular weight excluding hydrogens is 266 g/mol. The van der Waals surface area contributed by atoms with Gasteiger partial charge in [-0.05, 0) is 24.6 Å². The van der Waals surface area contributed by atoms with Crippen LogP contribution in [0.4, 0.5) is 5.69 Å². The molecule has 1 aromatic rings. The zero-order valence-electron chi connectivity index (χ0n) is 9.10. The largest absolute Gasteiger partial charge is 0.481 e. The van der Waals surface area contributed by atoms with Gasteiger partial charge in [0.25, 0.3) is 0 Å². The molecule has 0 aliphatic heterocycles. The van der Waals surface area contributed by atoms with E-state index in [1.54, 1.807) is 19.1 Å². The van der Waals surface area contributed by atoms with Crippen molar-refractivity contribution in [1.29, 1.82) is 0 Å². The molecule has 0 radical (unpaired) electrons. The van der Waals surface area contributed by atoms with E-state index in [0.717, 1.165) is 0 Å². The number of anilines is 1. The Balaban J connectivity index is 2.83. The molecule has 94 valence electrons. The molecule has 0 heterocycles. The molecule has 0 saturated carbocycles. The summed E-state index contributed by atoms with van der Waals surface area (Å²) >= 11 is 5.74. The Morgan fingerprint density at radius 1 is 1.47 bits per heavy atom. The summed E-state index contributed by atoms with van der Waals surface area (Å²) in [4.78, 5) is 10.3. The molecule has 5 nitrogen and oxygen atoms in total. The molecule has 0 bridgehead atoms. The SMILES string of the molecule is Cc1ccc(Cl)cc1NS(=O)(=O)CCC(=O)O. The second-order valence-corrected chi connectivity index (χ2v) is 5.80. The van der Waals surface area contributed by atoms with Gasteiger partial charge in [0, 0.05) is 5.02 Å². The van der Waals surface area contributed by atoms with E-state index in [9.17, 15) is 13.2 Å². The fourth-order valence-corrected chi connectivity index (χ4v) is 2.42. The first kappa shape index (κ1) is 13.8. The van der Waals surface area contributed by atoms with Crippen molar-refractivity contribution in [2.24, 2.45) is 0 Å². The van der Waals surface area contributed by atoms with Crippen molar-refractivity contribution in [3.05, 3.63) is 28.8 Å². The fraction of sp³-hybridized carbons (Fsp3) is 0.300. The predicted octanol–water partition coefficient (Wildman–Crippen LogP) is 1.86. The molecule has 0 fully saturated rings. The van der Waals surface area contributed by atoms with Crippen LogP contribution in [0.5, 0.6) is 0 Å². The van der Waals surface area contributed by atoms with Crippen molar-refractivity contribution < 1.29 is 18.3 Å². The highest BCUT2D eigenvalue weighted by atomic mass is 35.5. The number of carboxylic acids is 1. The van der Waals surface area contributed by atoms with E-state index in [-0.39, 0.29) is 0 Å². The number of hydrogen-bond donors (Lipinski definition) is 2. The van der Waals surface area contributed by atoms with Crippen LogP contribution in [0.15, 0.2) is 18.2 Å². The number of halogens is 1. The Morgan fingerprint density at radius 2 is 2.12 bits per heavy atom. The minimum atomic E-state index is -3.66. The van der Waals surface area contributed by atoms with Gasteiger partial charge in [0.15, 0.2) is 0 Å². The van der Waals surface area contributed by atoms with Gasteiger partial charge in [0.05, 0.1) is 17.9 Å². The third-order valence-electron chi connectivity index (χ3n) is 2.05. The van der Waals surface area contributed by atoms with Gasteiger partial charge < -0.3 is 5.11 Å². The van der Waals surface area contributed by atoms with Gasteiger partial charge in [-0.1, -0.05) is 17.7 Å². The van der Waals surface area contributed by atoms with Crippen molar-refractivity contribution in [2.45, 2.75) is 13.3 Å². The van der Waals surface area contributed by atoms with Crippen LogP contribution in [0.25, 0.3) is 0 Å². The average molecular weight is 278 g/mol. The second-order valence-electron chi connectivity index (χ2n) is 3.52. The molecule has 0 amide bonds. The highest BCUT2D eigenvalue weighted by molar-refractivity contribution is 7.92. The zero-order chi connectivity index (χ0) is 13.1. The van der Waals surface area contributed by atoms with E-state index in [0.29, 0.717) is 16.3 Å². The lowest BCUT2D eigenvalue weighted by Crippen LogP contribution is -2.19. The normalized spacial score (nSPS) is 11.2. The lowest BCUT2D eigenvalue weighted by atomic mass is 10.2. The molecule has 0 aliphatic carbocycles. The van der Waals surface area contributed by atoms with Gasteiger partial charge in [-0.25, -0.2) is 8.42 Å². The number of benzene rings is 1. The van der Waals surface area contributed by atoms with Gasteiger partial charge in [-0.15, -0.1) is 0 Å². The molecule has 0 atom stereocenters. The van der Waals surface area contributed by atoms with Crippen molar-refractivity contribution in [3.63, 3.8) is 0 Å². The van der Waals surface area contributed by atoms with Crippen LogP contribution < -0.4 is 4.72 Å². The van der Waals surface area contributed by atoms with Gasteiger partial charge in [0.2, 0.25) is 10.0 Å². The van der Waals surface area contributed by atoms with Gasteiger partial charge in [-0.2, -0.15) is 0 Å². The second kappa shape index (κ2) is 5.37. The molecule has 7 heteroatoms. The first-order valence-corrected chi connectivity index (χ1v) is 6.81. The minimum absolute atomic E-state index is 0.364. The summed E-state index contributed by atoms with van der Waals surface area (Å²) in [6.07, 6.45) is -0.436. The Morgan fingerprint density at radius 3 is 2.71 bits per heavy atom. The predicted molar refractivity (Wildman–Crippen MR) is 65.9 cm³/mol. The molecule has 2 N–H and O–H groups in total. The van der Waals surface area contributed by atoms with E-state index in [1.807, 2.05) is 0 Å². The van der Waals surface area contributed by atoms with Crippen LogP contribution in [0, 0.1) is 6.92 Å². The lowest BCUT2D eigenvalue weighted by Gasteiger charge is -2.09. The van der Waals surface area contributed by atoms with E-state index in [4.69, 9.17) is 16.7 Å². The monoisotopic (exact) mass is 277 g/mol. The molecule has 0 aromatic heterocycles. The molecular formula is C10H12ClNO4S. The van der Waals surface area contributed by atoms with Crippen LogP contribution in [-0.2, 0) is 14.8 Å². The maximum absolute atomic E-state index is 11.6. The lowest BCUT2D eigenvalue weighted by molar-refractivity contribution is -0.136. The maximum Gasteiger partial charge on any atom is 0.304 e. The van der Waals surface area contributed by atoms with Crippen LogP contribution in [0.1, 0.15) is 12.0 Å². The van der Waals surface area contributed by atoms with E-state index in [1.165, 1.54) is 6.07 Å². The summed E-state index contributed by atoms with van der Waals surface area (Å²) < 4.78 is 25.4. The number of nitrogens with one attached hydrogen (secondary N) is 1. The maximum atomic E-state index is 11.6. The summed E-state index contributed by atoms with van der Waals surface area (Å²) in [6.45, 7) is 1.73. The van der Waals surface area contributed by atoms with Gasteiger partial charge in [-0.3, -0.25) is 9.52 Å². The topological polar surface area (TPSA) is 83.5 Å². The Kier molecular flexibility index (Phi) is 4.36. The summed E-state index contributed by atoms with van der Waals surface area (Å²) in [5, 5.41) is 8.84. The number of aryl methyl sites for hydroxylation is 1. The third kappa shape index (κ3) is 4.62. The molecule has 17 heavy (non-hydrogen) atoms. The standard InChI is InChI=1S/C10H12ClNO4S/c1-7-2-3-8(11)6-9(7)12-17(15,16)5-4-10(13)14/h2-3,6,12H,4-5H2,1H3,(H,13,14). The zero-order valence-corrected chi connectivity index (χ0v) is 10.7. The fourth-order valence-electron chi connectivity index (χ4n) is 1.14. The summed E-state index contributed by atoms with van der Waals surface area (Å²) in [5.74, 6) is -1.62. The first-order chi connectivity index (χ1) is 7.80. The smallest absolute Gasteiger partial charge is 0.304 e. The quantitative estimate of drug-likeness (QED) is 0.860. The summed E-state index contributed by atoms with van der Waals surface area (Å²) in [6, 6.07) is 4.80. The molecule has 0 saturated heterocycles. The molecule has 0 unspecified atom stereocenters. The highest BCUT2D eigenvalue weighted by Gasteiger charge is 2.14. The Labute approximate surface area is 104 Å². The number of sulfonamides is 1. The number of rotatable bonds is 5. The van der Waals surface area contributed by atoms with Gasteiger partial charge >= 0.3 is 5.97 Å². The average Bonchev–Trinajstić information content (AvgIpc) is 2.20. The number of hydrogen-bond acceptors (Lipinski definition) is 3. The third-order valence-corrected chi connectivity index (χ3v) is 3.56. The Bertz CT molecular complexity index is 527. The Hall–Kier alpha value is -1.27. The molecule has 1 aromatic carbocycles. The van der Waals surface area contributed by atoms with Crippen molar-refractivity contribution >= 4 is 33.3 Å². The van der Waals surface area contributed by atoms with Crippen LogP contribution in [0.2, 0.25) is 5.02 Å². The molecule has 1 rings (SSSR count). The van der Waals surface area contributed by atoms with Crippen molar-refractivity contribution in [1.82, 2.24) is 0 Å². The number of aliphatic carboxylic acids is 1. The van der Waals surface area contributed by atoms with Crippen molar-refractivity contribution in [2.75, 3.05) is 10.5 Å². The number of carboxylic acid groups (broad SMARTS) is 1. The first-order valence-electron chi connectivity index (χ1n) is 4.78. The van der Waals surface area contributed by atoms with E-state index in [2.05, 4.69) is 4.72 Å². The highest BCUT2D eigenvalue weighted by Crippen LogP contribution is 2.21. The van der Waals surface area contributed by atoms with E-state index < -0.39 is 28.2 Å². The van der Waals surface area contributed by atoms with Crippen LogP contribution >= 0.6 is 11.6 Å². The summed E-state index contributed by atoms with van der Waals surface area (Å²) in [7, 11) is -3.66. The molecule has 0 spiro atoms. The van der Waals surface area contributed by atoms with E-state index >= 15 is 0 Å². The van der Waals surface area contributed by atoms with Gasteiger partial charge in [0.1, 0.15) is 0 Å². The minimum Gasteiger partial charge on any atom is -0.481 e. The van der Waals surface area contributed by atoms with Crippen LogP contribution in [-0.4, -0.2) is 25.2 Å². The van der Waals surface area contributed by atoms with Crippen molar-refractivity contribution in [3.8, 4) is 0 Å². The molecule has 0 aliphatic rings.